The Bertz CT molecular complexity index is 1790. The lowest BCUT2D eigenvalue weighted by atomic mass is 9.74. The summed E-state index contributed by atoms with van der Waals surface area (Å²) in [5, 5.41) is 10.7. The molecule has 0 heterocycles. The summed E-state index contributed by atoms with van der Waals surface area (Å²) in [6.45, 7) is 1.91. The van der Waals surface area contributed by atoms with Crippen molar-refractivity contribution in [2.75, 3.05) is 6.61 Å². The van der Waals surface area contributed by atoms with Crippen LogP contribution in [0.15, 0.2) is 133 Å². The van der Waals surface area contributed by atoms with Gasteiger partial charge in [0.1, 0.15) is 18.2 Å². The lowest BCUT2D eigenvalue weighted by molar-refractivity contribution is -0.146. The fourth-order valence-corrected chi connectivity index (χ4v) is 6.71. The highest BCUT2D eigenvalue weighted by Crippen LogP contribution is 2.47. The largest absolute Gasteiger partial charge is 0.480 e. The number of amides is 2. The van der Waals surface area contributed by atoms with Gasteiger partial charge in [0.25, 0.3) is 0 Å². The molecule has 0 unspecified atom stereocenters. The first kappa shape index (κ1) is 30.3. The molecule has 0 radical (unpaired) electrons. The summed E-state index contributed by atoms with van der Waals surface area (Å²) in [6.07, 6.45) is -1.50. The molecule has 0 fully saturated rings. The molecule has 0 saturated heterocycles. The van der Waals surface area contributed by atoms with Crippen molar-refractivity contribution in [2.45, 2.75) is 30.8 Å². The molecule has 0 spiro atoms. The second-order valence-electron chi connectivity index (χ2n) is 11.5. The van der Waals surface area contributed by atoms with E-state index in [2.05, 4.69) is 0 Å². The van der Waals surface area contributed by atoms with Crippen LogP contribution in [0.25, 0.3) is 11.1 Å². The van der Waals surface area contributed by atoms with E-state index in [1.165, 1.54) is 4.90 Å². The van der Waals surface area contributed by atoms with Gasteiger partial charge in [-0.3, -0.25) is 9.69 Å². The smallest absolute Gasteiger partial charge is 0.411 e. The fourth-order valence-electron chi connectivity index (χ4n) is 6.71. The van der Waals surface area contributed by atoms with Gasteiger partial charge in [-0.2, -0.15) is 0 Å². The molecule has 2 amide bonds. The number of carboxylic acid groups (broad SMARTS) is 1. The molecule has 7 nitrogen and oxygen atoms in total. The van der Waals surface area contributed by atoms with Gasteiger partial charge in [-0.25, -0.2) is 9.59 Å². The quantitative estimate of drug-likeness (QED) is 0.168. The van der Waals surface area contributed by atoms with Crippen LogP contribution in [0.4, 0.5) is 4.79 Å². The molecular formula is C39H34N2O5. The third kappa shape index (κ3) is 5.41. The van der Waals surface area contributed by atoms with Gasteiger partial charge in [-0.1, -0.05) is 139 Å². The van der Waals surface area contributed by atoms with Gasteiger partial charge >= 0.3 is 12.1 Å². The predicted octanol–water partition coefficient (Wildman–Crippen LogP) is 6.87. The number of carboxylic acids is 1. The molecule has 0 aliphatic heterocycles. The second-order valence-corrected chi connectivity index (χ2v) is 11.5. The zero-order chi connectivity index (χ0) is 32.3. The van der Waals surface area contributed by atoms with E-state index in [9.17, 15) is 19.5 Å². The van der Waals surface area contributed by atoms with Gasteiger partial charge in [0.2, 0.25) is 5.91 Å². The summed E-state index contributed by atoms with van der Waals surface area (Å²) in [7, 11) is 0. The number of carbonyl (C=O) groups is 3. The number of hydrogen-bond acceptors (Lipinski definition) is 4. The highest BCUT2D eigenvalue weighted by atomic mass is 16.6. The summed E-state index contributed by atoms with van der Waals surface area (Å²) < 4.78 is 6.18. The van der Waals surface area contributed by atoms with Crippen LogP contribution in [-0.2, 0) is 19.9 Å². The summed E-state index contributed by atoms with van der Waals surface area (Å²) in [5.41, 5.74) is 11.1. The van der Waals surface area contributed by atoms with Gasteiger partial charge in [-0.05, 0) is 45.9 Å². The summed E-state index contributed by atoms with van der Waals surface area (Å²) in [4.78, 5) is 41.5. The fraction of sp³-hybridized carbons (Fsp3) is 0.154. The highest BCUT2D eigenvalue weighted by Gasteiger charge is 2.51. The lowest BCUT2D eigenvalue weighted by Gasteiger charge is -2.47. The van der Waals surface area contributed by atoms with Crippen LogP contribution in [-0.4, -0.2) is 40.6 Å². The Morgan fingerprint density at radius 3 is 1.65 bits per heavy atom. The first-order chi connectivity index (χ1) is 22.3. The molecule has 0 aromatic heterocycles. The van der Waals surface area contributed by atoms with Crippen molar-refractivity contribution in [1.82, 2.24) is 4.90 Å². The molecule has 46 heavy (non-hydrogen) atoms. The van der Waals surface area contributed by atoms with Gasteiger partial charge in [-0.15, -0.1) is 0 Å². The minimum absolute atomic E-state index is 0.0418. The number of primary amides is 1. The van der Waals surface area contributed by atoms with E-state index in [4.69, 9.17) is 10.5 Å². The Kier molecular flexibility index (Phi) is 8.40. The van der Waals surface area contributed by atoms with E-state index >= 15 is 0 Å². The van der Waals surface area contributed by atoms with Crippen LogP contribution in [0.5, 0.6) is 0 Å². The van der Waals surface area contributed by atoms with E-state index < -0.39 is 36.0 Å². The Hall–Kier alpha value is -5.69. The number of rotatable bonds is 10. The van der Waals surface area contributed by atoms with E-state index in [1.54, 1.807) is 0 Å². The SMILES string of the molecule is Cc1ccc(C(c2ccccc2)(c2ccccc2)N(C(=O)OCC2c3ccccc3-c3ccccc32)[C@H](CC(N)=O)C(=O)O)cc1. The van der Waals surface area contributed by atoms with Gasteiger partial charge < -0.3 is 15.6 Å². The summed E-state index contributed by atoms with van der Waals surface area (Å²) in [6, 6.07) is 40.3. The van der Waals surface area contributed by atoms with E-state index in [0.717, 1.165) is 27.8 Å². The van der Waals surface area contributed by atoms with E-state index in [1.807, 2.05) is 140 Å². The Labute approximate surface area is 267 Å². The van der Waals surface area contributed by atoms with Crippen LogP contribution in [0, 0.1) is 6.92 Å². The number of nitrogens with two attached hydrogens (primary N) is 1. The monoisotopic (exact) mass is 610 g/mol. The number of carbonyl (C=O) groups excluding carboxylic acids is 2. The molecule has 7 heteroatoms. The molecule has 3 N–H and O–H groups in total. The normalized spacial score (nSPS) is 12.9. The number of aliphatic carboxylic acids is 1. The molecule has 1 atom stereocenters. The molecule has 230 valence electrons. The lowest BCUT2D eigenvalue weighted by Crippen LogP contribution is -2.59. The zero-order valence-electron chi connectivity index (χ0n) is 25.4. The minimum Gasteiger partial charge on any atom is -0.480 e. The second kappa shape index (κ2) is 12.7. The van der Waals surface area contributed by atoms with E-state index in [0.29, 0.717) is 16.7 Å². The minimum atomic E-state index is -1.66. The van der Waals surface area contributed by atoms with E-state index in [-0.39, 0.29) is 12.5 Å². The average Bonchev–Trinajstić information content (AvgIpc) is 3.40. The molecule has 1 aliphatic rings. The molecule has 0 saturated carbocycles. The molecule has 5 aromatic carbocycles. The van der Waals surface area contributed by atoms with Crippen molar-refractivity contribution in [2.24, 2.45) is 5.73 Å². The highest BCUT2D eigenvalue weighted by molar-refractivity contribution is 5.88. The number of nitrogens with zero attached hydrogens (tertiary/aromatic N) is 1. The maximum Gasteiger partial charge on any atom is 0.411 e. The van der Waals surface area contributed by atoms with Crippen LogP contribution >= 0.6 is 0 Å². The first-order valence-electron chi connectivity index (χ1n) is 15.2. The Morgan fingerprint density at radius 2 is 1.17 bits per heavy atom. The van der Waals surface area contributed by atoms with Crippen LogP contribution in [0.2, 0.25) is 0 Å². The molecule has 1 aliphatic carbocycles. The average molecular weight is 611 g/mol. The molecule has 5 aromatic rings. The third-order valence-electron chi connectivity index (χ3n) is 8.74. The van der Waals surface area contributed by atoms with Crippen molar-refractivity contribution in [3.8, 4) is 11.1 Å². The summed E-state index contributed by atoms with van der Waals surface area (Å²) >= 11 is 0. The van der Waals surface area contributed by atoms with Crippen molar-refractivity contribution < 1.29 is 24.2 Å². The molecule has 0 bridgehead atoms. The molecular weight excluding hydrogens is 576 g/mol. The number of hydrogen-bond donors (Lipinski definition) is 2. The third-order valence-corrected chi connectivity index (χ3v) is 8.74. The van der Waals surface area contributed by atoms with Crippen molar-refractivity contribution >= 4 is 18.0 Å². The molecule has 6 rings (SSSR count). The van der Waals surface area contributed by atoms with Crippen LogP contribution in [0.3, 0.4) is 0 Å². The van der Waals surface area contributed by atoms with Gasteiger partial charge in [0.15, 0.2) is 0 Å². The van der Waals surface area contributed by atoms with Crippen molar-refractivity contribution in [1.29, 1.82) is 0 Å². The standard InChI is InChI=1S/C39H34N2O5/c1-26-20-22-29(23-21-26)39(27-12-4-2-5-13-27,28-14-6-3-7-15-28)41(35(37(43)44)24-36(40)42)38(45)46-25-34-32-18-10-8-16-30(32)31-17-9-11-19-33(31)34/h2-23,34-35H,24-25H2,1H3,(H2,40,42)(H,43,44)/t35-/m1/s1. The maximum atomic E-state index is 14.8. The Balaban J connectivity index is 1.55. The predicted molar refractivity (Wildman–Crippen MR) is 176 cm³/mol. The topological polar surface area (TPSA) is 110 Å². The van der Waals surface area contributed by atoms with Crippen LogP contribution < -0.4 is 5.73 Å². The maximum absolute atomic E-state index is 14.8. The number of aryl methyl sites for hydroxylation is 1. The number of fused-ring (bicyclic) bond motifs is 3. The first-order valence-corrected chi connectivity index (χ1v) is 15.2. The summed E-state index contributed by atoms with van der Waals surface area (Å²) in [5.74, 6) is -2.50. The Morgan fingerprint density at radius 1 is 0.717 bits per heavy atom. The van der Waals surface area contributed by atoms with Gasteiger partial charge in [0, 0.05) is 5.92 Å². The van der Waals surface area contributed by atoms with Gasteiger partial charge in [0.05, 0.1) is 6.42 Å². The van der Waals surface area contributed by atoms with Crippen LogP contribution in [0.1, 0.15) is 45.7 Å². The number of ether oxygens (including phenoxy) is 1. The van der Waals surface area contributed by atoms with Crippen molar-refractivity contribution in [3.63, 3.8) is 0 Å². The number of benzene rings is 5. The van der Waals surface area contributed by atoms with Crippen molar-refractivity contribution in [3.05, 3.63) is 167 Å². The zero-order valence-corrected chi connectivity index (χ0v) is 25.4.